The Morgan fingerprint density at radius 3 is 2.86 bits per heavy atom. The van der Waals surface area contributed by atoms with Gasteiger partial charge >= 0.3 is 0 Å². The van der Waals surface area contributed by atoms with E-state index < -0.39 is 10.0 Å². The lowest BCUT2D eigenvalue weighted by atomic mass is 10.3. The van der Waals surface area contributed by atoms with Crippen molar-refractivity contribution in [3.8, 4) is 0 Å². The molecule has 1 fully saturated rings. The van der Waals surface area contributed by atoms with Crippen LogP contribution in [0.2, 0.25) is 0 Å². The fourth-order valence-corrected chi connectivity index (χ4v) is 3.57. The third-order valence-electron chi connectivity index (χ3n) is 3.83. The quantitative estimate of drug-likeness (QED) is 0.849. The topological polar surface area (TPSA) is 76.5 Å². The van der Waals surface area contributed by atoms with Crippen molar-refractivity contribution in [2.75, 3.05) is 39.4 Å². The van der Waals surface area contributed by atoms with Crippen LogP contribution < -0.4 is 4.72 Å². The number of aromatic nitrogens is 2. The number of nitrogens with one attached hydrogen (secondary N) is 1. The number of imidazole rings is 1. The minimum Gasteiger partial charge on any atom is -0.379 e. The van der Waals surface area contributed by atoms with Crippen molar-refractivity contribution < 1.29 is 13.2 Å². The third kappa shape index (κ3) is 3.30. The van der Waals surface area contributed by atoms with Gasteiger partial charge < -0.3 is 9.30 Å². The van der Waals surface area contributed by atoms with Gasteiger partial charge in [-0.2, -0.15) is 0 Å². The number of hydrogen-bond acceptors (Lipinski definition) is 5. The summed E-state index contributed by atoms with van der Waals surface area (Å²) in [5.41, 5.74) is 1.59. The molecule has 2 heterocycles. The number of nitrogens with zero attached hydrogens (tertiary/aromatic N) is 3. The standard InChI is InChI=1S/C14H20N4O3S/c1-17-11-15-13-10-12(2-3-14(13)17)22(19,20)16-4-5-18-6-8-21-9-7-18/h2-3,10-11,16H,4-9H2,1H3. The smallest absolute Gasteiger partial charge is 0.240 e. The molecule has 0 saturated carbocycles. The van der Waals surface area contributed by atoms with Crippen LogP contribution in [0.25, 0.3) is 11.0 Å². The predicted molar refractivity (Wildman–Crippen MR) is 83.2 cm³/mol. The molecule has 1 aliphatic heterocycles. The Morgan fingerprint density at radius 1 is 1.32 bits per heavy atom. The molecule has 2 aromatic rings. The van der Waals surface area contributed by atoms with Crippen molar-refractivity contribution in [2.24, 2.45) is 7.05 Å². The molecule has 8 heteroatoms. The first-order chi connectivity index (χ1) is 10.6. The van der Waals surface area contributed by atoms with E-state index in [2.05, 4.69) is 14.6 Å². The van der Waals surface area contributed by atoms with Gasteiger partial charge in [0.15, 0.2) is 0 Å². The maximum atomic E-state index is 12.3. The van der Waals surface area contributed by atoms with Gasteiger partial charge in [-0.1, -0.05) is 0 Å². The van der Waals surface area contributed by atoms with Crippen LogP contribution in [0.5, 0.6) is 0 Å². The Hall–Kier alpha value is -1.48. The summed E-state index contributed by atoms with van der Waals surface area (Å²) in [6, 6.07) is 4.99. The zero-order chi connectivity index (χ0) is 15.6. The van der Waals surface area contributed by atoms with Gasteiger partial charge in [0, 0.05) is 33.2 Å². The van der Waals surface area contributed by atoms with Crippen molar-refractivity contribution in [3.05, 3.63) is 24.5 Å². The fraction of sp³-hybridized carbons (Fsp3) is 0.500. The Labute approximate surface area is 129 Å². The molecule has 1 aromatic heterocycles. The Balaban J connectivity index is 1.65. The molecule has 0 radical (unpaired) electrons. The van der Waals surface area contributed by atoms with E-state index in [0.717, 1.165) is 18.6 Å². The van der Waals surface area contributed by atoms with E-state index >= 15 is 0 Å². The summed E-state index contributed by atoms with van der Waals surface area (Å²) in [6.07, 6.45) is 1.67. The average Bonchev–Trinajstić information content (AvgIpc) is 2.89. The highest BCUT2D eigenvalue weighted by molar-refractivity contribution is 7.89. The molecule has 0 bridgehead atoms. The third-order valence-corrected chi connectivity index (χ3v) is 5.29. The molecule has 3 rings (SSSR count). The van der Waals surface area contributed by atoms with E-state index in [1.54, 1.807) is 24.5 Å². The van der Waals surface area contributed by atoms with Gasteiger partial charge in [-0.25, -0.2) is 18.1 Å². The maximum Gasteiger partial charge on any atom is 0.240 e. The molecule has 1 aliphatic rings. The van der Waals surface area contributed by atoms with E-state index in [1.807, 2.05) is 11.6 Å². The van der Waals surface area contributed by atoms with Crippen LogP contribution in [0, 0.1) is 0 Å². The molecule has 1 N–H and O–H groups in total. The minimum atomic E-state index is -3.50. The number of hydrogen-bond donors (Lipinski definition) is 1. The number of rotatable bonds is 5. The number of ether oxygens (including phenoxy) is 1. The van der Waals surface area contributed by atoms with Gasteiger partial charge in [-0.3, -0.25) is 4.90 Å². The van der Waals surface area contributed by atoms with Crippen LogP contribution in [0.1, 0.15) is 0 Å². The van der Waals surface area contributed by atoms with Gasteiger partial charge in [0.05, 0.1) is 35.5 Å². The molecule has 120 valence electrons. The first kappa shape index (κ1) is 15.4. The number of sulfonamides is 1. The van der Waals surface area contributed by atoms with Gasteiger partial charge in [0.1, 0.15) is 0 Å². The highest BCUT2D eigenvalue weighted by Gasteiger charge is 2.16. The van der Waals surface area contributed by atoms with Gasteiger partial charge in [0.25, 0.3) is 0 Å². The Bertz CT molecular complexity index is 751. The minimum absolute atomic E-state index is 0.251. The van der Waals surface area contributed by atoms with Crippen molar-refractivity contribution in [2.45, 2.75) is 4.90 Å². The van der Waals surface area contributed by atoms with Crippen LogP contribution in [0.15, 0.2) is 29.4 Å². The van der Waals surface area contributed by atoms with Crippen molar-refractivity contribution in [1.29, 1.82) is 0 Å². The highest BCUT2D eigenvalue weighted by Crippen LogP contribution is 2.17. The molecular weight excluding hydrogens is 304 g/mol. The number of morpholine rings is 1. The predicted octanol–water partition coefficient (Wildman–Crippen LogP) is 0.184. The lowest BCUT2D eigenvalue weighted by molar-refractivity contribution is 0.0390. The molecular formula is C14H20N4O3S. The second kappa shape index (κ2) is 6.33. The summed E-state index contributed by atoms with van der Waals surface area (Å²) < 4.78 is 34.4. The van der Waals surface area contributed by atoms with Gasteiger partial charge in [0.2, 0.25) is 10.0 Å². The average molecular weight is 324 g/mol. The zero-order valence-electron chi connectivity index (χ0n) is 12.5. The second-order valence-corrected chi connectivity index (χ2v) is 7.12. The molecule has 7 nitrogen and oxygen atoms in total. The number of benzene rings is 1. The van der Waals surface area contributed by atoms with Crippen molar-refractivity contribution in [3.63, 3.8) is 0 Å². The zero-order valence-corrected chi connectivity index (χ0v) is 13.3. The summed E-state index contributed by atoms with van der Waals surface area (Å²) in [5.74, 6) is 0. The fourth-order valence-electron chi connectivity index (χ4n) is 2.53. The first-order valence-corrected chi connectivity index (χ1v) is 8.75. The van der Waals surface area contributed by atoms with Gasteiger partial charge in [-0.05, 0) is 18.2 Å². The summed E-state index contributed by atoms with van der Waals surface area (Å²) in [6.45, 7) is 4.20. The molecule has 0 aliphatic carbocycles. The highest BCUT2D eigenvalue weighted by atomic mass is 32.2. The Morgan fingerprint density at radius 2 is 2.09 bits per heavy atom. The molecule has 1 saturated heterocycles. The maximum absolute atomic E-state index is 12.3. The molecule has 0 amide bonds. The largest absolute Gasteiger partial charge is 0.379 e. The monoisotopic (exact) mass is 324 g/mol. The van der Waals surface area contributed by atoms with Crippen LogP contribution in [-0.4, -0.2) is 62.3 Å². The van der Waals surface area contributed by atoms with E-state index in [9.17, 15) is 8.42 Å². The number of aryl methyl sites for hydroxylation is 1. The van der Waals surface area contributed by atoms with Crippen molar-refractivity contribution >= 4 is 21.1 Å². The SMILES string of the molecule is Cn1cnc2cc(S(=O)(=O)NCCN3CCOCC3)ccc21. The number of fused-ring (bicyclic) bond motifs is 1. The van der Waals surface area contributed by atoms with Crippen LogP contribution in [0.4, 0.5) is 0 Å². The summed E-state index contributed by atoms with van der Waals surface area (Å²) in [5, 5.41) is 0. The first-order valence-electron chi connectivity index (χ1n) is 7.27. The second-order valence-electron chi connectivity index (χ2n) is 5.36. The van der Waals surface area contributed by atoms with E-state index in [4.69, 9.17) is 4.74 Å². The van der Waals surface area contributed by atoms with Gasteiger partial charge in [-0.15, -0.1) is 0 Å². The molecule has 22 heavy (non-hydrogen) atoms. The van der Waals surface area contributed by atoms with E-state index in [-0.39, 0.29) is 4.90 Å². The van der Waals surface area contributed by atoms with Crippen molar-refractivity contribution in [1.82, 2.24) is 19.2 Å². The lowest BCUT2D eigenvalue weighted by Gasteiger charge is -2.26. The Kier molecular flexibility index (Phi) is 4.44. The molecule has 0 unspecified atom stereocenters. The summed E-state index contributed by atoms with van der Waals surface area (Å²) in [7, 11) is -1.62. The lowest BCUT2D eigenvalue weighted by Crippen LogP contribution is -2.41. The van der Waals surface area contributed by atoms with Crippen LogP contribution in [-0.2, 0) is 21.8 Å². The van der Waals surface area contributed by atoms with Crippen LogP contribution >= 0.6 is 0 Å². The van der Waals surface area contributed by atoms with E-state index in [1.165, 1.54) is 0 Å². The summed E-state index contributed by atoms with van der Waals surface area (Å²) in [4.78, 5) is 6.63. The molecule has 0 spiro atoms. The molecule has 0 atom stereocenters. The van der Waals surface area contributed by atoms with E-state index in [0.29, 0.717) is 31.8 Å². The molecule has 1 aromatic carbocycles. The normalized spacial score (nSPS) is 17.1. The summed E-state index contributed by atoms with van der Waals surface area (Å²) >= 11 is 0. The van der Waals surface area contributed by atoms with Crippen LogP contribution in [0.3, 0.4) is 0 Å².